The number of likely N-dealkylation sites (N-methyl/N-ethyl adjacent to an activating group) is 1. The number of nitriles is 1. The summed E-state index contributed by atoms with van der Waals surface area (Å²) in [4.78, 5) is 14.3. The van der Waals surface area contributed by atoms with Crippen LogP contribution in [0.15, 0.2) is 0 Å². The highest BCUT2D eigenvalue weighted by Gasteiger charge is 2.32. The van der Waals surface area contributed by atoms with Crippen molar-refractivity contribution < 1.29 is 4.79 Å². The first kappa shape index (κ1) is 18.3. The lowest BCUT2D eigenvalue weighted by molar-refractivity contribution is -0.124. The van der Waals surface area contributed by atoms with E-state index in [4.69, 9.17) is 0 Å². The molecule has 0 saturated heterocycles. The molecule has 1 amide bonds. The lowest BCUT2D eigenvalue weighted by atomic mass is 9.90. The Kier molecular flexibility index (Phi) is 7.02. The molecule has 3 atom stereocenters. The van der Waals surface area contributed by atoms with Crippen molar-refractivity contribution in [2.24, 2.45) is 5.92 Å². The van der Waals surface area contributed by atoms with Crippen LogP contribution in [-0.4, -0.2) is 47.0 Å². The number of hydrogen-bond donors (Lipinski definition) is 1. The third-order valence-electron chi connectivity index (χ3n) is 4.56. The second-order valence-corrected chi connectivity index (χ2v) is 8.05. The predicted octanol–water partition coefficient (Wildman–Crippen LogP) is 2.65. The third-order valence-corrected chi connectivity index (χ3v) is 5.79. The molecule has 0 aromatic rings. The van der Waals surface area contributed by atoms with Gasteiger partial charge in [-0.3, -0.25) is 9.69 Å². The van der Waals surface area contributed by atoms with Crippen LogP contribution in [0.2, 0.25) is 0 Å². The largest absolute Gasteiger partial charge is 0.337 e. The van der Waals surface area contributed by atoms with Crippen LogP contribution < -0.4 is 5.32 Å². The van der Waals surface area contributed by atoms with E-state index in [0.717, 1.165) is 11.0 Å². The summed E-state index contributed by atoms with van der Waals surface area (Å²) in [5, 5.41) is 12.9. The Morgan fingerprint density at radius 1 is 1.52 bits per heavy atom. The fraction of sp³-hybridized carbons (Fsp3) is 0.875. The van der Waals surface area contributed by atoms with E-state index in [2.05, 4.69) is 23.2 Å². The number of carbonyl (C=O) groups excluding carboxylic acids is 1. The Labute approximate surface area is 133 Å². The van der Waals surface area contributed by atoms with E-state index in [1.165, 1.54) is 19.3 Å². The van der Waals surface area contributed by atoms with Gasteiger partial charge in [-0.2, -0.15) is 17.0 Å². The number of rotatable bonds is 7. The van der Waals surface area contributed by atoms with E-state index in [1.54, 1.807) is 6.92 Å². The molecule has 0 unspecified atom stereocenters. The molecule has 0 aromatic carbocycles. The van der Waals surface area contributed by atoms with Gasteiger partial charge in [0, 0.05) is 11.3 Å². The Bertz CT molecular complexity index is 393. The number of carbonyl (C=O) groups is 1. The molecule has 1 aliphatic carbocycles. The van der Waals surface area contributed by atoms with E-state index < -0.39 is 5.54 Å². The van der Waals surface area contributed by atoms with Crippen molar-refractivity contribution in [3.63, 3.8) is 0 Å². The second-order valence-electron chi connectivity index (χ2n) is 6.48. The summed E-state index contributed by atoms with van der Waals surface area (Å²) in [6.07, 6.45) is 3.58. The number of hydrogen-bond acceptors (Lipinski definition) is 4. The molecule has 1 fully saturated rings. The summed E-state index contributed by atoms with van der Waals surface area (Å²) >= 11 is 2.03. The summed E-state index contributed by atoms with van der Waals surface area (Å²) in [6, 6.07) is 2.71. The van der Waals surface area contributed by atoms with E-state index >= 15 is 0 Å². The topological polar surface area (TPSA) is 56.1 Å². The molecule has 0 bridgehead atoms. The van der Waals surface area contributed by atoms with Crippen molar-refractivity contribution in [2.45, 2.75) is 63.8 Å². The second kappa shape index (κ2) is 8.05. The minimum atomic E-state index is -0.784. The highest BCUT2D eigenvalue weighted by molar-refractivity contribution is 7.99. The monoisotopic (exact) mass is 311 g/mol. The van der Waals surface area contributed by atoms with Gasteiger partial charge in [0.25, 0.3) is 0 Å². The zero-order valence-corrected chi connectivity index (χ0v) is 14.8. The van der Waals surface area contributed by atoms with Crippen LogP contribution in [0.25, 0.3) is 0 Å². The zero-order chi connectivity index (χ0) is 16.0. The van der Waals surface area contributed by atoms with E-state index in [1.807, 2.05) is 32.7 Å². The Hall–Kier alpha value is -0.730. The van der Waals surface area contributed by atoms with E-state index in [-0.39, 0.29) is 11.8 Å². The molecule has 0 aromatic heterocycles. The molecule has 0 radical (unpaired) electrons. The SMILES string of the molecule is CCS[C@@H]1CC[C@@H](N(C)CC(=O)N[C@@](C)(C#N)C(C)C)C1. The first-order valence-electron chi connectivity index (χ1n) is 7.86. The van der Waals surface area contributed by atoms with Gasteiger partial charge in [-0.05, 0) is 44.9 Å². The number of nitrogens with one attached hydrogen (secondary N) is 1. The minimum absolute atomic E-state index is 0.0538. The molecule has 1 N–H and O–H groups in total. The lowest BCUT2D eigenvalue weighted by Crippen LogP contribution is -2.52. The molecule has 21 heavy (non-hydrogen) atoms. The van der Waals surface area contributed by atoms with Gasteiger partial charge >= 0.3 is 0 Å². The zero-order valence-electron chi connectivity index (χ0n) is 14.0. The smallest absolute Gasteiger partial charge is 0.235 e. The fourth-order valence-electron chi connectivity index (χ4n) is 2.69. The average Bonchev–Trinajstić information content (AvgIpc) is 2.87. The van der Waals surface area contributed by atoms with Crippen molar-refractivity contribution in [1.82, 2.24) is 10.2 Å². The van der Waals surface area contributed by atoms with Crippen LogP contribution in [0.4, 0.5) is 0 Å². The van der Waals surface area contributed by atoms with Gasteiger partial charge in [0.1, 0.15) is 5.54 Å². The molecular weight excluding hydrogens is 282 g/mol. The Morgan fingerprint density at radius 3 is 2.71 bits per heavy atom. The maximum Gasteiger partial charge on any atom is 0.235 e. The fourth-order valence-corrected chi connectivity index (χ4v) is 3.82. The normalized spacial score (nSPS) is 24.9. The summed E-state index contributed by atoms with van der Waals surface area (Å²) < 4.78 is 0. The van der Waals surface area contributed by atoms with Crippen LogP contribution in [-0.2, 0) is 4.79 Å². The minimum Gasteiger partial charge on any atom is -0.337 e. The van der Waals surface area contributed by atoms with Crippen molar-refractivity contribution in [1.29, 1.82) is 5.26 Å². The molecule has 1 saturated carbocycles. The number of nitrogens with zero attached hydrogens (tertiary/aromatic N) is 2. The van der Waals surface area contributed by atoms with Crippen LogP contribution in [0, 0.1) is 17.2 Å². The number of amides is 1. The number of thioether (sulfide) groups is 1. The summed E-state index contributed by atoms with van der Waals surface area (Å²) in [5.41, 5.74) is -0.784. The van der Waals surface area contributed by atoms with E-state index in [0.29, 0.717) is 12.6 Å². The average molecular weight is 311 g/mol. The summed E-state index contributed by atoms with van der Waals surface area (Å²) in [5.74, 6) is 1.20. The van der Waals surface area contributed by atoms with Gasteiger partial charge in [-0.25, -0.2) is 0 Å². The maximum absolute atomic E-state index is 12.2. The highest BCUT2D eigenvalue weighted by atomic mass is 32.2. The predicted molar refractivity (Wildman–Crippen MR) is 89.2 cm³/mol. The molecule has 1 rings (SSSR count). The van der Waals surface area contributed by atoms with Crippen molar-refractivity contribution in [3.05, 3.63) is 0 Å². The molecule has 0 heterocycles. The van der Waals surface area contributed by atoms with Crippen LogP contribution >= 0.6 is 11.8 Å². The van der Waals surface area contributed by atoms with Gasteiger partial charge in [-0.1, -0.05) is 20.8 Å². The maximum atomic E-state index is 12.2. The molecular formula is C16H29N3OS. The first-order valence-corrected chi connectivity index (χ1v) is 8.91. The van der Waals surface area contributed by atoms with Gasteiger partial charge in [0.05, 0.1) is 12.6 Å². The van der Waals surface area contributed by atoms with Gasteiger partial charge < -0.3 is 5.32 Å². The first-order chi connectivity index (χ1) is 9.82. The van der Waals surface area contributed by atoms with Crippen molar-refractivity contribution >= 4 is 17.7 Å². The molecule has 120 valence electrons. The van der Waals surface area contributed by atoms with Gasteiger partial charge in [0.15, 0.2) is 0 Å². The molecule has 0 spiro atoms. The Morgan fingerprint density at radius 2 is 2.19 bits per heavy atom. The quantitative estimate of drug-likeness (QED) is 0.785. The van der Waals surface area contributed by atoms with Crippen LogP contribution in [0.5, 0.6) is 0 Å². The Balaban J connectivity index is 2.47. The molecule has 5 heteroatoms. The van der Waals surface area contributed by atoms with E-state index in [9.17, 15) is 10.1 Å². The molecule has 1 aliphatic rings. The third kappa shape index (κ3) is 5.19. The summed E-state index contributed by atoms with van der Waals surface area (Å²) in [6.45, 7) is 8.27. The van der Waals surface area contributed by atoms with Crippen molar-refractivity contribution in [3.8, 4) is 6.07 Å². The van der Waals surface area contributed by atoms with Crippen LogP contribution in [0.3, 0.4) is 0 Å². The standard InChI is InChI=1S/C16H29N3OS/c1-6-21-14-8-7-13(9-14)19(5)10-15(20)18-16(4,11-17)12(2)3/h12-14H,6-10H2,1-5H3,(H,18,20)/t13-,14-,16+/m1/s1. The lowest BCUT2D eigenvalue weighted by Gasteiger charge is -2.30. The molecule has 0 aliphatic heterocycles. The van der Waals surface area contributed by atoms with Gasteiger partial charge in [-0.15, -0.1) is 0 Å². The summed E-state index contributed by atoms with van der Waals surface area (Å²) in [7, 11) is 2.02. The van der Waals surface area contributed by atoms with Crippen molar-refractivity contribution in [2.75, 3.05) is 19.3 Å². The molecule has 4 nitrogen and oxygen atoms in total. The highest BCUT2D eigenvalue weighted by Crippen LogP contribution is 2.32. The van der Waals surface area contributed by atoms with Gasteiger partial charge in [0.2, 0.25) is 5.91 Å². The van der Waals surface area contributed by atoms with Crippen LogP contribution in [0.1, 0.15) is 47.0 Å².